The monoisotopic (exact) mass is 665 g/mol. The van der Waals surface area contributed by atoms with Crippen molar-refractivity contribution in [2.24, 2.45) is 5.16 Å². The van der Waals surface area contributed by atoms with E-state index < -0.39 is 23.1 Å². The van der Waals surface area contributed by atoms with Crippen LogP contribution in [0.1, 0.15) is 53.5 Å². The van der Waals surface area contributed by atoms with Crippen molar-refractivity contribution in [1.82, 2.24) is 4.98 Å². The van der Waals surface area contributed by atoms with E-state index in [0.29, 0.717) is 16.4 Å². The van der Waals surface area contributed by atoms with Crippen LogP contribution in [0.4, 0.5) is 5.13 Å². The third-order valence-corrected chi connectivity index (χ3v) is 8.75. The molecule has 0 radical (unpaired) electrons. The molecule has 0 spiro atoms. The van der Waals surface area contributed by atoms with Crippen molar-refractivity contribution in [3.8, 4) is 0 Å². The predicted octanol–water partition coefficient (Wildman–Crippen LogP) is 8.10. The van der Waals surface area contributed by atoms with Gasteiger partial charge in [-0.15, -0.1) is 23.1 Å². The number of nitrogens with one attached hydrogen (secondary N) is 1. The normalized spacial score (nSPS) is 11.9. The lowest BCUT2D eigenvalue weighted by Gasteiger charge is -2.36. The second-order valence-corrected chi connectivity index (χ2v) is 13.4. The number of oxime groups is 1. The van der Waals surface area contributed by atoms with E-state index in [4.69, 9.17) is 9.57 Å². The molecule has 1 aromatic heterocycles. The first-order chi connectivity index (χ1) is 22.7. The summed E-state index contributed by atoms with van der Waals surface area (Å²) in [6.07, 6.45) is 0. The van der Waals surface area contributed by atoms with E-state index >= 15 is 0 Å². The Morgan fingerprint density at radius 2 is 1.36 bits per heavy atom. The minimum atomic E-state index is -1.26. The lowest BCUT2D eigenvalue weighted by Crippen LogP contribution is -2.38. The predicted molar refractivity (Wildman–Crippen MR) is 187 cm³/mol. The summed E-state index contributed by atoms with van der Waals surface area (Å²) in [7, 11) is 0. The molecule has 0 aliphatic heterocycles. The third kappa shape index (κ3) is 8.27. The molecule has 5 rings (SSSR count). The van der Waals surface area contributed by atoms with Crippen LogP contribution in [0.15, 0.2) is 131 Å². The smallest absolute Gasteiger partial charge is 0.360 e. The zero-order valence-electron chi connectivity index (χ0n) is 26.3. The molecule has 8 nitrogen and oxygen atoms in total. The van der Waals surface area contributed by atoms with Crippen LogP contribution >= 0.6 is 23.1 Å². The van der Waals surface area contributed by atoms with Gasteiger partial charge in [0.1, 0.15) is 23.4 Å². The van der Waals surface area contributed by atoms with Crippen molar-refractivity contribution in [1.29, 1.82) is 0 Å². The van der Waals surface area contributed by atoms with Gasteiger partial charge in [0.2, 0.25) is 5.71 Å². The van der Waals surface area contributed by atoms with Gasteiger partial charge >= 0.3 is 11.9 Å². The molecule has 0 saturated carbocycles. The summed E-state index contributed by atoms with van der Waals surface area (Å²) in [6.45, 7) is 5.57. The number of hydrogen-bond acceptors (Lipinski definition) is 9. The number of carboxylic acid groups (broad SMARTS) is 1. The number of carbonyl (C=O) groups excluding carboxylic acids is 1. The van der Waals surface area contributed by atoms with Gasteiger partial charge in [-0.25, -0.2) is 14.6 Å². The van der Waals surface area contributed by atoms with E-state index in [2.05, 4.69) is 51.9 Å². The van der Waals surface area contributed by atoms with Gasteiger partial charge in [-0.2, -0.15) is 0 Å². The van der Waals surface area contributed by atoms with Crippen LogP contribution in [0.2, 0.25) is 0 Å². The number of thioether (sulfide) groups is 1. The molecule has 1 heterocycles. The number of nitrogens with zero attached hydrogens (tertiary/aromatic N) is 2. The van der Waals surface area contributed by atoms with Crippen LogP contribution in [-0.2, 0) is 19.9 Å². The average molecular weight is 666 g/mol. The van der Waals surface area contributed by atoms with Gasteiger partial charge in [-0.3, -0.25) is 0 Å². The molecular formula is C37H35N3O5S2. The highest BCUT2D eigenvalue weighted by molar-refractivity contribution is 7.99. The largest absolute Gasteiger partial charge is 0.476 e. The Bertz CT molecular complexity index is 1720. The van der Waals surface area contributed by atoms with Crippen LogP contribution in [0, 0.1) is 0 Å². The molecule has 2 N–H and O–H groups in total. The van der Waals surface area contributed by atoms with Crippen LogP contribution in [0.3, 0.4) is 0 Å². The van der Waals surface area contributed by atoms with Gasteiger partial charge in [0.05, 0.1) is 5.56 Å². The van der Waals surface area contributed by atoms with Crippen LogP contribution in [-0.4, -0.2) is 45.7 Å². The molecule has 0 unspecified atom stereocenters. The Balaban J connectivity index is 1.35. The van der Waals surface area contributed by atoms with E-state index in [1.807, 2.05) is 87.5 Å². The number of carboxylic acids is 1. The molecule has 0 fully saturated rings. The third-order valence-electron chi connectivity index (χ3n) is 6.96. The molecule has 10 heteroatoms. The second kappa shape index (κ2) is 15.1. The molecule has 0 aliphatic rings. The van der Waals surface area contributed by atoms with Crippen molar-refractivity contribution in [2.45, 2.75) is 36.8 Å². The highest BCUT2D eigenvalue weighted by Crippen LogP contribution is 2.40. The fraction of sp³-hybridized carbons (Fsp3) is 0.189. The quantitative estimate of drug-likeness (QED) is 0.0324. The van der Waals surface area contributed by atoms with Crippen LogP contribution in [0.5, 0.6) is 0 Å². The summed E-state index contributed by atoms with van der Waals surface area (Å²) < 4.78 is 5.52. The number of carbonyl (C=O) groups is 2. The Labute approximate surface area is 282 Å². The standard InChI is InChI=1S/C37H35N3O5S2/c1-36(2,3)45-34(43)29-21-13-14-22-31(29)46-24-23-44-40-32(33(41)42)30-25-47-35(38-30)39-37(26-15-7-4-8-16-26,27-17-9-5-10-18-27)28-19-11-6-12-20-28/h4-22,25H,23-24H2,1-3H3,(H,38,39)(H,41,42). The maximum Gasteiger partial charge on any atom is 0.360 e. The van der Waals surface area contributed by atoms with Gasteiger partial charge in [0.15, 0.2) is 5.13 Å². The average Bonchev–Trinajstić information content (AvgIpc) is 3.53. The Hall–Kier alpha value is -4.93. The minimum Gasteiger partial charge on any atom is -0.476 e. The maximum absolute atomic E-state index is 12.7. The first-order valence-electron chi connectivity index (χ1n) is 15.0. The topological polar surface area (TPSA) is 110 Å². The van der Waals surface area contributed by atoms with Gasteiger partial charge in [-0.05, 0) is 49.6 Å². The van der Waals surface area contributed by atoms with Crippen molar-refractivity contribution < 1.29 is 24.3 Å². The number of esters is 1. The van der Waals surface area contributed by atoms with Crippen LogP contribution in [0.25, 0.3) is 0 Å². The summed E-state index contributed by atoms with van der Waals surface area (Å²) in [5, 5.41) is 19.8. The number of thiazole rings is 1. The first kappa shape index (κ1) is 33.4. The fourth-order valence-corrected chi connectivity index (χ4v) is 6.58. The van der Waals surface area contributed by atoms with Crippen molar-refractivity contribution >= 4 is 45.9 Å². The van der Waals surface area contributed by atoms with Gasteiger partial charge in [-0.1, -0.05) is 108 Å². The fourth-order valence-electron chi connectivity index (χ4n) is 4.97. The lowest BCUT2D eigenvalue weighted by molar-refractivity contribution is -0.129. The molecule has 4 aromatic carbocycles. The molecule has 0 saturated heterocycles. The van der Waals surface area contributed by atoms with Crippen molar-refractivity contribution in [3.63, 3.8) is 0 Å². The molecule has 5 aromatic rings. The Kier molecular flexibility index (Phi) is 10.7. The van der Waals surface area contributed by atoms with Crippen LogP contribution < -0.4 is 5.32 Å². The molecule has 0 aliphatic carbocycles. The molecule has 0 atom stereocenters. The SMILES string of the molecule is CC(C)(C)OC(=O)c1ccccc1SCCON=C(C(=O)O)c1csc(NC(c2ccccc2)(c2ccccc2)c2ccccc2)n1. The highest BCUT2D eigenvalue weighted by atomic mass is 32.2. The summed E-state index contributed by atoms with van der Waals surface area (Å²) in [4.78, 5) is 35.8. The van der Waals surface area contributed by atoms with E-state index in [1.54, 1.807) is 17.5 Å². The molecule has 0 bridgehead atoms. The summed E-state index contributed by atoms with van der Waals surface area (Å²) in [5.41, 5.74) is 1.89. The summed E-state index contributed by atoms with van der Waals surface area (Å²) in [5.74, 6) is -1.24. The summed E-state index contributed by atoms with van der Waals surface area (Å²) in [6, 6.07) is 37.4. The highest BCUT2D eigenvalue weighted by Gasteiger charge is 2.37. The van der Waals surface area contributed by atoms with E-state index in [-0.39, 0.29) is 18.0 Å². The van der Waals surface area contributed by atoms with Crippen molar-refractivity contribution in [3.05, 3.63) is 149 Å². The van der Waals surface area contributed by atoms with Gasteiger partial charge in [0.25, 0.3) is 0 Å². The number of hydrogen-bond donors (Lipinski definition) is 2. The zero-order chi connectivity index (χ0) is 33.3. The first-order valence-corrected chi connectivity index (χ1v) is 16.8. The van der Waals surface area contributed by atoms with E-state index in [9.17, 15) is 14.7 Å². The van der Waals surface area contributed by atoms with Gasteiger partial charge < -0.3 is 20.0 Å². The lowest BCUT2D eigenvalue weighted by atomic mass is 9.77. The number of benzene rings is 4. The number of aliphatic carboxylic acids is 1. The Morgan fingerprint density at radius 3 is 1.89 bits per heavy atom. The number of anilines is 1. The minimum absolute atomic E-state index is 0.110. The maximum atomic E-state index is 12.7. The number of ether oxygens (including phenoxy) is 1. The van der Waals surface area contributed by atoms with E-state index in [0.717, 1.165) is 21.6 Å². The van der Waals surface area contributed by atoms with Crippen molar-refractivity contribution in [2.75, 3.05) is 17.7 Å². The molecule has 0 amide bonds. The zero-order valence-corrected chi connectivity index (χ0v) is 27.9. The Morgan fingerprint density at radius 1 is 0.830 bits per heavy atom. The molecular weight excluding hydrogens is 631 g/mol. The second-order valence-electron chi connectivity index (χ2n) is 11.4. The number of rotatable bonds is 13. The van der Waals surface area contributed by atoms with E-state index in [1.165, 1.54) is 23.1 Å². The molecule has 240 valence electrons. The molecule has 47 heavy (non-hydrogen) atoms. The number of aromatic nitrogens is 1. The van der Waals surface area contributed by atoms with Gasteiger partial charge in [0, 0.05) is 16.0 Å². The summed E-state index contributed by atoms with van der Waals surface area (Å²) >= 11 is 2.68.